The Labute approximate surface area is 86.1 Å². The first kappa shape index (κ1) is 12.7. The van der Waals surface area contributed by atoms with Crippen molar-refractivity contribution in [1.82, 2.24) is 0 Å². The van der Waals surface area contributed by atoms with Crippen LogP contribution in [0, 0.1) is 0 Å². The van der Waals surface area contributed by atoms with Gasteiger partial charge in [0.15, 0.2) is 0 Å². The number of amides is 1. The molecule has 1 aromatic carbocycles. The average molecular weight is 193 g/mol. The van der Waals surface area contributed by atoms with Crippen LogP contribution in [0.2, 0.25) is 0 Å². The maximum atomic E-state index is 10.7. The van der Waals surface area contributed by atoms with Crippen LogP contribution in [0.15, 0.2) is 24.3 Å². The number of hydrogen-bond donors (Lipinski definition) is 1. The van der Waals surface area contributed by atoms with Crippen LogP contribution in [-0.4, -0.2) is 5.91 Å². The molecule has 0 saturated carbocycles. The fraction of sp³-hybridized carbons (Fsp3) is 0.417. The van der Waals surface area contributed by atoms with E-state index >= 15 is 0 Å². The van der Waals surface area contributed by atoms with Gasteiger partial charge in [0.1, 0.15) is 0 Å². The number of nitrogens with two attached hydrogens (primary N) is 1. The van der Waals surface area contributed by atoms with Crippen molar-refractivity contribution in [2.75, 3.05) is 0 Å². The third-order valence-electron chi connectivity index (χ3n) is 1.78. The topological polar surface area (TPSA) is 43.1 Å². The molecule has 0 heterocycles. The number of primary amides is 1. The molecule has 2 N–H and O–H groups in total. The van der Waals surface area contributed by atoms with E-state index in [0.29, 0.717) is 5.56 Å². The van der Waals surface area contributed by atoms with Crippen molar-refractivity contribution >= 4 is 5.91 Å². The molecule has 2 heteroatoms. The zero-order chi connectivity index (χ0) is 11.0. The summed E-state index contributed by atoms with van der Waals surface area (Å²) in [4.78, 5) is 10.7. The molecule has 1 rings (SSSR count). The van der Waals surface area contributed by atoms with E-state index in [9.17, 15) is 4.79 Å². The van der Waals surface area contributed by atoms with Crippen LogP contribution in [-0.2, 0) is 6.42 Å². The highest BCUT2D eigenvalue weighted by molar-refractivity contribution is 5.92. The molecule has 0 aromatic heterocycles. The second-order valence-corrected chi connectivity index (χ2v) is 2.81. The van der Waals surface area contributed by atoms with Gasteiger partial charge in [-0.1, -0.05) is 39.3 Å². The minimum absolute atomic E-state index is 0.363. The zero-order valence-electron chi connectivity index (χ0n) is 9.21. The van der Waals surface area contributed by atoms with Gasteiger partial charge in [-0.2, -0.15) is 0 Å². The lowest BCUT2D eigenvalue weighted by molar-refractivity contribution is 0.100. The molecule has 2 nitrogen and oxygen atoms in total. The first-order valence-electron chi connectivity index (χ1n) is 5.12. The van der Waals surface area contributed by atoms with Crippen LogP contribution in [0.3, 0.4) is 0 Å². The Hall–Kier alpha value is -1.31. The van der Waals surface area contributed by atoms with Crippen LogP contribution in [0.25, 0.3) is 0 Å². The first-order chi connectivity index (χ1) is 6.74. The standard InChI is InChI=1S/C10H13NO.C2H6/c1-2-3-8-4-6-9(7-5-8)10(11)12;1-2/h4-7H,2-3H2,1H3,(H2,11,12);1-2H3. The van der Waals surface area contributed by atoms with Crippen molar-refractivity contribution in [3.8, 4) is 0 Å². The van der Waals surface area contributed by atoms with Gasteiger partial charge in [0.2, 0.25) is 5.91 Å². The van der Waals surface area contributed by atoms with Gasteiger partial charge >= 0.3 is 0 Å². The molecule has 0 atom stereocenters. The third-order valence-corrected chi connectivity index (χ3v) is 1.78. The second-order valence-electron chi connectivity index (χ2n) is 2.81. The van der Waals surface area contributed by atoms with E-state index in [1.807, 2.05) is 26.0 Å². The first-order valence-corrected chi connectivity index (χ1v) is 5.12. The van der Waals surface area contributed by atoms with Crippen LogP contribution >= 0.6 is 0 Å². The van der Waals surface area contributed by atoms with Gasteiger partial charge in [0.25, 0.3) is 0 Å². The third kappa shape index (κ3) is 4.08. The minimum atomic E-state index is -0.363. The van der Waals surface area contributed by atoms with Crippen molar-refractivity contribution in [3.63, 3.8) is 0 Å². The Morgan fingerprint density at radius 2 is 1.71 bits per heavy atom. The minimum Gasteiger partial charge on any atom is -0.366 e. The second kappa shape index (κ2) is 7.13. The molecule has 0 radical (unpaired) electrons. The lowest BCUT2D eigenvalue weighted by atomic mass is 10.1. The molecule has 78 valence electrons. The van der Waals surface area contributed by atoms with E-state index in [-0.39, 0.29) is 5.91 Å². The Balaban J connectivity index is 0.000000791. The smallest absolute Gasteiger partial charge is 0.248 e. The molecule has 0 saturated heterocycles. The lowest BCUT2D eigenvalue weighted by Crippen LogP contribution is -2.10. The maximum absolute atomic E-state index is 10.7. The van der Waals surface area contributed by atoms with Crippen molar-refractivity contribution < 1.29 is 4.79 Å². The van der Waals surface area contributed by atoms with Crippen molar-refractivity contribution in [2.24, 2.45) is 5.73 Å². The number of aryl methyl sites for hydroxylation is 1. The number of benzene rings is 1. The predicted molar refractivity (Wildman–Crippen MR) is 60.3 cm³/mol. The molecular formula is C12H19NO. The Bertz CT molecular complexity index is 264. The zero-order valence-corrected chi connectivity index (χ0v) is 9.21. The van der Waals surface area contributed by atoms with E-state index in [1.165, 1.54) is 5.56 Å². The van der Waals surface area contributed by atoms with Gasteiger partial charge in [-0.25, -0.2) is 0 Å². The lowest BCUT2D eigenvalue weighted by Gasteiger charge is -1.98. The van der Waals surface area contributed by atoms with Crippen LogP contribution in [0.4, 0.5) is 0 Å². The monoisotopic (exact) mass is 193 g/mol. The molecule has 1 amide bonds. The molecule has 0 unspecified atom stereocenters. The normalized spacial score (nSPS) is 8.79. The van der Waals surface area contributed by atoms with Gasteiger partial charge in [0, 0.05) is 5.56 Å². The van der Waals surface area contributed by atoms with Gasteiger partial charge in [0.05, 0.1) is 0 Å². The summed E-state index contributed by atoms with van der Waals surface area (Å²) < 4.78 is 0. The summed E-state index contributed by atoms with van der Waals surface area (Å²) in [7, 11) is 0. The van der Waals surface area contributed by atoms with Crippen molar-refractivity contribution in [3.05, 3.63) is 35.4 Å². The van der Waals surface area contributed by atoms with Crippen molar-refractivity contribution in [2.45, 2.75) is 33.6 Å². The number of carbonyl (C=O) groups excluding carboxylic acids is 1. The molecule has 0 bridgehead atoms. The molecule has 1 aromatic rings. The largest absolute Gasteiger partial charge is 0.366 e. The number of carbonyl (C=O) groups is 1. The summed E-state index contributed by atoms with van der Waals surface area (Å²) in [5, 5.41) is 0. The maximum Gasteiger partial charge on any atom is 0.248 e. The summed E-state index contributed by atoms with van der Waals surface area (Å²) in [5.74, 6) is -0.363. The molecule has 0 spiro atoms. The molecule has 14 heavy (non-hydrogen) atoms. The fourth-order valence-electron chi connectivity index (χ4n) is 1.12. The molecule has 0 fully saturated rings. The van der Waals surface area contributed by atoms with E-state index in [0.717, 1.165) is 12.8 Å². The van der Waals surface area contributed by atoms with Gasteiger partial charge in [-0.15, -0.1) is 0 Å². The summed E-state index contributed by atoms with van der Waals surface area (Å²) >= 11 is 0. The van der Waals surface area contributed by atoms with Crippen LogP contribution in [0.5, 0.6) is 0 Å². The molecule has 0 aliphatic heterocycles. The van der Waals surface area contributed by atoms with E-state index in [2.05, 4.69) is 6.92 Å². The highest BCUT2D eigenvalue weighted by Gasteiger charge is 1.98. The highest BCUT2D eigenvalue weighted by Crippen LogP contribution is 2.05. The SMILES string of the molecule is CC.CCCc1ccc(C(N)=O)cc1. The van der Waals surface area contributed by atoms with Crippen molar-refractivity contribution in [1.29, 1.82) is 0 Å². The summed E-state index contributed by atoms with van der Waals surface area (Å²) in [6.07, 6.45) is 2.18. The number of rotatable bonds is 3. The fourth-order valence-corrected chi connectivity index (χ4v) is 1.12. The van der Waals surface area contributed by atoms with Gasteiger partial charge in [-0.3, -0.25) is 4.79 Å². The van der Waals surface area contributed by atoms with Crippen LogP contribution in [0.1, 0.15) is 43.1 Å². The predicted octanol–water partition coefficient (Wildman–Crippen LogP) is 2.76. The quantitative estimate of drug-likeness (QED) is 0.788. The summed E-state index contributed by atoms with van der Waals surface area (Å²) in [6.45, 7) is 6.13. The summed E-state index contributed by atoms with van der Waals surface area (Å²) in [6, 6.07) is 7.44. The average Bonchev–Trinajstić information content (AvgIpc) is 2.22. The van der Waals surface area contributed by atoms with E-state index in [4.69, 9.17) is 5.73 Å². The Kier molecular flexibility index (Phi) is 6.46. The van der Waals surface area contributed by atoms with E-state index in [1.54, 1.807) is 12.1 Å². The van der Waals surface area contributed by atoms with E-state index < -0.39 is 0 Å². The number of hydrogen-bond acceptors (Lipinski definition) is 1. The highest BCUT2D eigenvalue weighted by atomic mass is 16.1. The molecular weight excluding hydrogens is 174 g/mol. The summed E-state index contributed by atoms with van der Waals surface area (Å²) in [5.41, 5.74) is 6.93. The Morgan fingerprint density at radius 3 is 2.07 bits per heavy atom. The van der Waals surface area contributed by atoms with Crippen LogP contribution < -0.4 is 5.73 Å². The van der Waals surface area contributed by atoms with Gasteiger partial charge in [-0.05, 0) is 24.1 Å². The molecule has 0 aliphatic rings. The van der Waals surface area contributed by atoms with Gasteiger partial charge < -0.3 is 5.73 Å². The molecule has 0 aliphatic carbocycles. The Morgan fingerprint density at radius 1 is 1.21 bits per heavy atom.